The number of nitrogens with zero attached hydrogens (tertiary/aromatic N) is 2. The quantitative estimate of drug-likeness (QED) is 0.819. The molecular weight excluding hydrogens is 398 g/mol. The summed E-state index contributed by atoms with van der Waals surface area (Å²) in [5, 5.41) is 15.4. The first-order valence-corrected chi connectivity index (χ1v) is 10.2. The van der Waals surface area contributed by atoms with Gasteiger partial charge in [0.05, 0.1) is 6.61 Å². The maximum absolute atomic E-state index is 14.5. The van der Waals surface area contributed by atoms with Crippen molar-refractivity contribution in [2.45, 2.75) is 24.6 Å². The summed E-state index contributed by atoms with van der Waals surface area (Å²) >= 11 is 1.23. The van der Waals surface area contributed by atoms with Crippen molar-refractivity contribution in [1.29, 1.82) is 0 Å². The number of rotatable bonds is 4. The first-order valence-electron chi connectivity index (χ1n) is 9.34. The summed E-state index contributed by atoms with van der Waals surface area (Å²) in [4.78, 5) is 11.7. The lowest BCUT2D eigenvalue weighted by Crippen LogP contribution is -2.50. The number of carbonyl (C=O) groups excluding carboxylic acids is 1. The van der Waals surface area contributed by atoms with Crippen molar-refractivity contribution in [1.82, 2.24) is 5.01 Å². The van der Waals surface area contributed by atoms with Crippen molar-refractivity contribution in [2.24, 2.45) is 11.0 Å². The average Bonchev–Trinajstić information content (AvgIpc) is 3.11. The molecule has 0 radical (unpaired) electrons. The highest BCUT2D eigenvalue weighted by atomic mass is 32.2. The second-order valence-electron chi connectivity index (χ2n) is 7.03. The summed E-state index contributed by atoms with van der Waals surface area (Å²) in [5.74, 6) is -1.07. The van der Waals surface area contributed by atoms with E-state index in [1.165, 1.54) is 23.7 Å². The van der Waals surface area contributed by atoms with Gasteiger partial charge in [0, 0.05) is 30.6 Å². The molecule has 2 aromatic carbocycles. The number of benzene rings is 2. The Hall–Kier alpha value is -2.45. The molecule has 0 aliphatic carbocycles. The van der Waals surface area contributed by atoms with E-state index in [9.17, 15) is 18.7 Å². The van der Waals surface area contributed by atoms with E-state index in [1.54, 1.807) is 0 Å². The van der Waals surface area contributed by atoms with Crippen LogP contribution in [0.15, 0.2) is 47.6 Å². The van der Waals surface area contributed by atoms with Crippen LogP contribution in [-0.4, -0.2) is 34.3 Å². The average molecular weight is 418 g/mol. The maximum Gasteiger partial charge on any atom is 0.241 e. The van der Waals surface area contributed by atoms with Gasteiger partial charge in [-0.25, -0.2) is 13.8 Å². The first kappa shape index (κ1) is 19.8. The number of hydrazone groups is 1. The van der Waals surface area contributed by atoms with Gasteiger partial charge in [0.2, 0.25) is 5.91 Å². The van der Waals surface area contributed by atoms with E-state index < -0.39 is 16.5 Å². The van der Waals surface area contributed by atoms with Crippen LogP contribution in [0.25, 0.3) is 0 Å². The summed E-state index contributed by atoms with van der Waals surface area (Å²) in [6.07, 6.45) is 1.10. The van der Waals surface area contributed by atoms with Crippen molar-refractivity contribution in [3.8, 4) is 5.75 Å². The van der Waals surface area contributed by atoms with Crippen LogP contribution in [0.3, 0.4) is 0 Å². The third-order valence-corrected chi connectivity index (χ3v) is 6.72. The Bertz CT molecular complexity index is 984. The van der Waals surface area contributed by atoms with Gasteiger partial charge in [-0.05, 0) is 37.1 Å². The van der Waals surface area contributed by atoms with E-state index in [0.29, 0.717) is 25.2 Å². The molecule has 0 bridgehead atoms. The molecule has 1 N–H and O–H groups in total. The third kappa shape index (κ3) is 3.30. The fourth-order valence-electron chi connectivity index (χ4n) is 3.90. The zero-order chi connectivity index (χ0) is 20.6. The van der Waals surface area contributed by atoms with Gasteiger partial charge in [-0.3, -0.25) is 4.79 Å². The van der Waals surface area contributed by atoms with Crippen LogP contribution in [0.1, 0.15) is 30.9 Å². The second-order valence-corrected chi connectivity index (χ2v) is 8.24. The number of hydrogen-bond donors (Lipinski definition) is 1. The molecule has 29 heavy (non-hydrogen) atoms. The van der Waals surface area contributed by atoms with E-state index in [-0.39, 0.29) is 29.0 Å². The number of halogens is 2. The van der Waals surface area contributed by atoms with Crippen LogP contribution in [-0.2, 0) is 9.67 Å². The Morgan fingerprint density at radius 2 is 2.14 bits per heavy atom. The predicted molar refractivity (Wildman–Crippen MR) is 106 cm³/mol. The second kappa shape index (κ2) is 7.76. The lowest BCUT2D eigenvalue weighted by molar-refractivity contribution is -0.134. The molecule has 4 rings (SSSR count). The molecule has 1 amide bonds. The van der Waals surface area contributed by atoms with Crippen molar-refractivity contribution < 1.29 is 23.4 Å². The summed E-state index contributed by atoms with van der Waals surface area (Å²) in [6, 6.07) is 10.6. The highest BCUT2D eigenvalue weighted by molar-refractivity contribution is 8.15. The van der Waals surface area contributed by atoms with Crippen LogP contribution < -0.4 is 4.74 Å². The molecule has 0 fully saturated rings. The van der Waals surface area contributed by atoms with Crippen LogP contribution in [0.5, 0.6) is 5.75 Å². The molecule has 2 aliphatic heterocycles. The minimum atomic E-state index is -0.954. The zero-order valence-corrected chi connectivity index (χ0v) is 16.6. The summed E-state index contributed by atoms with van der Waals surface area (Å²) in [5.41, 5.74) is 0.771. The minimum absolute atomic E-state index is 0.00516. The van der Waals surface area contributed by atoms with Gasteiger partial charge >= 0.3 is 0 Å². The number of thioether (sulfide) groups is 1. The standard InChI is InChI=1S/C21H20F2N2O3S/c1-13(27)25-21(29-20(24-25)16-11-15(22)8-9-18(16)23)14(5-4-10-26)12-28-19-7-3-2-6-17(19)21/h2-3,6-9,11,14,26H,4-5,10,12H2,1H3. The summed E-state index contributed by atoms with van der Waals surface area (Å²) in [7, 11) is 0. The number of aliphatic hydroxyl groups excluding tert-OH is 1. The van der Waals surface area contributed by atoms with Crippen molar-refractivity contribution in [3.63, 3.8) is 0 Å². The molecule has 8 heteroatoms. The van der Waals surface area contributed by atoms with Gasteiger partial charge in [-0.1, -0.05) is 30.0 Å². The minimum Gasteiger partial charge on any atom is -0.493 e. The zero-order valence-electron chi connectivity index (χ0n) is 15.8. The highest BCUT2D eigenvalue weighted by Crippen LogP contribution is 2.57. The molecule has 1 spiro atoms. The molecule has 2 aromatic rings. The lowest BCUT2D eigenvalue weighted by atomic mass is 9.86. The number of amides is 1. The number of fused-ring (bicyclic) bond motifs is 2. The fraction of sp³-hybridized carbons (Fsp3) is 0.333. The smallest absolute Gasteiger partial charge is 0.241 e. The van der Waals surface area contributed by atoms with E-state index in [0.717, 1.165) is 23.8 Å². The number of carbonyl (C=O) groups is 1. The van der Waals surface area contributed by atoms with E-state index in [4.69, 9.17) is 4.74 Å². The van der Waals surface area contributed by atoms with Gasteiger partial charge < -0.3 is 9.84 Å². The molecule has 0 saturated heterocycles. The van der Waals surface area contributed by atoms with Gasteiger partial charge in [0.25, 0.3) is 0 Å². The molecule has 152 valence electrons. The summed E-state index contributed by atoms with van der Waals surface area (Å²) < 4.78 is 34.2. The van der Waals surface area contributed by atoms with Crippen molar-refractivity contribution in [3.05, 3.63) is 65.2 Å². The molecule has 5 nitrogen and oxygen atoms in total. The topological polar surface area (TPSA) is 62.1 Å². The molecule has 2 unspecified atom stereocenters. The Morgan fingerprint density at radius 3 is 2.90 bits per heavy atom. The van der Waals surface area contributed by atoms with Gasteiger partial charge in [0.15, 0.2) is 4.87 Å². The Morgan fingerprint density at radius 1 is 1.34 bits per heavy atom. The van der Waals surface area contributed by atoms with E-state index in [1.807, 2.05) is 24.3 Å². The Balaban J connectivity index is 1.87. The van der Waals surface area contributed by atoms with Crippen LogP contribution in [0.2, 0.25) is 0 Å². The monoisotopic (exact) mass is 418 g/mol. The molecule has 2 heterocycles. The van der Waals surface area contributed by atoms with Crippen LogP contribution >= 0.6 is 11.8 Å². The van der Waals surface area contributed by atoms with Crippen LogP contribution in [0, 0.1) is 17.6 Å². The van der Waals surface area contributed by atoms with E-state index >= 15 is 0 Å². The Kier molecular flexibility index (Phi) is 5.31. The van der Waals surface area contributed by atoms with Gasteiger partial charge in [-0.2, -0.15) is 5.10 Å². The number of aliphatic hydroxyl groups is 1. The van der Waals surface area contributed by atoms with Crippen molar-refractivity contribution >= 4 is 22.7 Å². The molecular formula is C21H20F2N2O3S. The van der Waals surface area contributed by atoms with Crippen LogP contribution in [0.4, 0.5) is 8.78 Å². The van der Waals surface area contributed by atoms with Crippen molar-refractivity contribution in [2.75, 3.05) is 13.2 Å². The third-order valence-electron chi connectivity index (χ3n) is 5.19. The molecule has 0 saturated carbocycles. The SMILES string of the molecule is CC(=O)N1N=C(c2cc(F)ccc2F)SC12c1ccccc1OCC2CCCO. The number of para-hydroxylation sites is 1. The maximum atomic E-state index is 14.5. The molecule has 0 aromatic heterocycles. The lowest BCUT2D eigenvalue weighted by Gasteiger charge is -2.45. The number of ether oxygens (including phenoxy) is 1. The molecule has 2 aliphatic rings. The van der Waals surface area contributed by atoms with E-state index in [2.05, 4.69) is 5.10 Å². The molecule has 2 atom stereocenters. The normalized spacial score (nSPS) is 23.0. The Labute approximate surface area is 171 Å². The van der Waals surface area contributed by atoms with Gasteiger partial charge in [0.1, 0.15) is 22.4 Å². The summed E-state index contributed by atoms with van der Waals surface area (Å²) in [6.45, 7) is 1.73. The van der Waals surface area contributed by atoms with Gasteiger partial charge in [-0.15, -0.1) is 0 Å². The fourth-order valence-corrected chi connectivity index (χ4v) is 5.47. The predicted octanol–water partition coefficient (Wildman–Crippen LogP) is 3.86. The first-order chi connectivity index (χ1) is 14.0. The largest absolute Gasteiger partial charge is 0.493 e. The number of hydrogen-bond acceptors (Lipinski definition) is 5. The highest BCUT2D eigenvalue weighted by Gasteiger charge is 2.56.